The van der Waals surface area contributed by atoms with E-state index in [2.05, 4.69) is 41.3 Å². The molecule has 0 fully saturated rings. The van der Waals surface area contributed by atoms with E-state index < -0.39 is 5.95 Å². The Kier molecular flexibility index (Phi) is 6.14. The number of aryl methyl sites for hydroxylation is 1. The van der Waals surface area contributed by atoms with Crippen LogP contribution in [0.4, 0.5) is 10.2 Å². The van der Waals surface area contributed by atoms with E-state index in [1.807, 2.05) is 11.6 Å². The maximum Gasteiger partial charge on any atom is 0.185 e. The lowest BCUT2D eigenvalue weighted by molar-refractivity contribution is 0.356. The highest BCUT2D eigenvalue weighted by atomic mass is 19.1. The van der Waals surface area contributed by atoms with Crippen LogP contribution >= 0.6 is 0 Å². The van der Waals surface area contributed by atoms with Crippen molar-refractivity contribution in [1.82, 2.24) is 14.9 Å². The summed E-state index contributed by atoms with van der Waals surface area (Å²) in [5.74, 6) is 1.56. The molecular weight excluding hydrogens is 357 g/mol. The van der Waals surface area contributed by atoms with Crippen LogP contribution in [0.2, 0.25) is 0 Å². The lowest BCUT2D eigenvalue weighted by atomic mass is 10.0. The van der Waals surface area contributed by atoms with E-state index in [-0.39, 0.29) is 5.71 Å². The minimum Gasteiger partial charge on any atom is -0.493 e. The van der Waals surface area contributed by atoms with Crippen LogP contribution in [0.25, 0.3) is 0 Å². The Morgan fingerprint density at radius 1 is 1.43 bits per heavy atom. The fourth-order valence-corrected chi connectivity index (χ4v) is 3.56. The van der Waals surface area contributed by atoms with Gasteiger partial charge in [0.05, 0.1) is 12.3 Å². The summed E-state index contributed by atoms with van der Waals surface area (Å²) in [6, 6.07) is 4.26. The average Bonchev–Trinajstić information content (AvgIpc) is 3.20. The van der Waals surface area contributed by atoms with Crippen LogP contribution in [-0.4, -0.2) is 35.5 Å². The van der Waals surface area contributed by atoms with E-state index in [1.54, 1.807) is 6.92 Å². The Hall–Kier alpha value is -2.67. The van der Waals surface area contributed by atoms with Gasteiger partial charge in [0.15, 0.2) is 5.95 Å². The molecule has 0 bridgehead atoms. The molecule has 0 amide bonds. The van der Waals surface area contributed by atoms with E-state index in [9.17, 15) is 4.39 Å². The van der Waals surface area contributed by atoms with Gasteiger partial charge in [-0.3, -0.25) is 0 Å². The summed E-state index contributed by atoms with van der Waals surface area (Å²) in [6.07, 6.45) is 2.39. The topological polar surface area (TPSA) is 75.0 Å². The highest BCUT2D eigenvalue weighted by Gasteiger charge is 2.21. The zero-order valence-corrected chi connectivity index (χ0v) is 16.8. The number of nitrogens with zero attached hydrogens (tertiary/aromatic N) is 2. The number of benzene rings is 1. The Morgan fingerprint density at radius 3 is 2.89 bits per heavy atom. The van der Waals surface area contributed by atoms with Crippen molar-refractivity contribution in [3.8, 4) is 5.75 Å². The van der Waals surface area contributed by atoms with Crippen molar-refractivity contribution in [3.63, 3.8) is 0 Å². The highest BCUT2D eigenvalue weighted by Crippen LogP contribution is 2.31. The summed E-state index contributed by atoms with van der Waals surface area (Å²) in [5.41, 5.74) is 4.29. The lowest BCUT2D eigenvalue weighted by Gasteiger charge is -2.14. The summed E-state index contributed by atoms with van der Waals surface area (Å²) >= 11 is 0. The van der Waals surface area contributed by atoms with Crippen LogP contribution in [0.1, 0.15) is 41.6 Å². The van der Waals surface area contributed by atoms with Crippen LogP contribution < -0.4 is 15.4 Å². The van der Waals surface area contributed by atoms with Crippen molar-refractivity contribution in [1.29, 1.82) is 5.41 Å². The number of hydrogen-bond acceptors (Lipinski definition) is 5. The van der Waals surface area contributed by atoms with Crippen molar-refractivity contribution in [2.75, 3.05) is 25.5 Å². The number of fused-ring (bicyclic) bond motifs is 1. The molecule has 2 heterocycles. The Labute approximate surface area is 165 Å². The number of anilines is 1. The van der Waals surface area contributed by atoms with Gasteiger partial charge in [-0.05, 0) is 63.2 Å². The minimum atomic E-state index is -0.661. The van der Waals surface area contributed by atoms with Gasteiger partial charge in [-0.1, -0.05) is 6.07 Å². The van der Waals surface area contributed by atoms with Gasteiger partial charge in [0, 0.05) is 19.4 Å². The Morgan fingerprint density at radius 2 is 2.21 bits per heavy atom. The second kappa shape index (κ2) is 8.56. The zero-order valence-electron chi connectivity index (χ0n) is 16.8. The van der Waals surface area contributed by atoms with Crippen molar-refractivity contribution in [2.24, 2.45) is 0 Å². The molecule has 1 aliphatic rings. The molecule has 2 aromatic rings. The molecule has 0 radical (unpaired) electrons. The molecule has 6 nitrogen and oxygen atoms in total. The summed E-state index contributed by atoms with van der Waals surface area (Å²) in [7, 11) is 1.90. The molecule has 3 N–H and O–H groups in total. The van der Waals surface area contributed by atoms with Crippen LogP contribution in [0, 0.1) is 12.3 Å². The van der Waals surface area contributed by atoms with Crippen LogP contribution in [0.5, 0.6) is 5.75 Å². The Bertz CT molecular complexity index is 903. The Balaban J connectivity index is 2.01. The van der Waals surface area contributed by atoms with E-state index in [1.165, 1.54) is 11.1 Å². The minimum absolute atomic E-state index is 0.284. The van der Waals surface area contributed by atoms with Crippen molar-refractivity contribution in [3.05, 3.63) is 52.9 Å². The van der Waals surface area contributed by atoms with E-state index >= 15 is 0 Å². The molecule has 28 heavy (non-hydrogen) atoms. The first-order chi connectivity index (χ1) is 13.4. The van der Waals surface area contributed by atoms with E-state index in [0.29, 0.717) is 24.5 Å². The molecule has 0 atom stereocenters. The van der Waals surface area contributed by atoms with E-state index in [0.717, 1.165) is 43.1 Å². The van der Waals surface area contributed by atoms with Gasteiger partial charge in [-0.2, -0.15) is 4.39 Å². The second-order valence-corrected chi connectivity index (χ2v) is 7.15. The number of hydrogen-bond donors (Lipinski definition) is 3. The quantitative estimate of drug-likeness (QED) is 0.350. The molecule has 0 saturated carbocycles. The SMILES string of the molecule is C=C(F)Nc1c(C(C)=N)nc(Cc2cc3c(cc2C)CCO3)n1CCCNC. The van der Waals surface area contributed by atoms with Gasteiger partial charge in [-0.25, -0.2) is 4.98 Å². The normalized spacial score (nSPS) is 12.6. The van der Waals surface area contributed by atoms with Crippen molar-refractivity contribution < 1.29 is 9.13 Å². The largest absolute Gasteiger partial charge is 0.493 e. The standard InChI is InChI=1S/C21H28FN5O/c1-13-10-16-6-9-28-18(16)11-17(13)12-19-26-20(14(2)23)21(25-15(3)22)27(19)8-5-7-24-4/h10-11,23-25H,3,5-9,12H2,1-2,4H3. The summed E-state index contributed by atoms with van der Waals surface area (Å²) < 4.78 is 21.3. The molecule has 3 rings (SSSR count). The third kappa shape index (κ3) is 4.25. The molecule has 1 aromatic carbocycles. The number of aromatic nitrogens is 2. The third-order valence-corrected chi connectivity index (χ3v) is 4.96. The molecule has 7 heteroatoms. The third-order valence-electron chi connectivity index (χ3n) is 4.96. The molecule has 150 valence electrons. The first kappa shape index (κ1) is 20.1. The molecule has 0 aliphatic carbocycles. The molecule has 0 unspecified atom stereocenters. The summed E-state index contributed by atoms with van der Waals surface area (Å²) in [6.45, 7) is 9.28. The second-order valence-electron chi connectivity index (χ2n) is 7.15. The number of rotatable bonds is 9. The van der Waals surface area contributed by atoms with Gasteiger partial charge < -0.3 is 25.3 Å². The fraction of sp³-hybridized carbons (Fsp3) is 0.429. The predicted molar refractivity (Wildman–Crippen MR) is 110 cm³/mol. The van der Waals surface area contributed by atoms with Gasteiger partial charge in [0.25, 0.3) is 0 Å². The maximum atomic E-state index is 13.6. The molecule has 1 aromatic heterocycles. The van der Waals surface area contributed by atoms with Gasteiger partial charge in [0.1, 0.15) is 23.1 Å². The summed E-state index contributed by atoms with van der Waals surface area (Å²) in [4.78, 5) is 4.68. The predicted octanol–water partition coefficient (Wildman–Crippen LogP) is 3.57. The van der Waals surface area contributed by atoms with E-state index in [4.69, 9.17) is 10.1 Å². The smallest absolute Gasteiger partial charge is 0.185 e. The van der Waals surface area contributed by atoms with Gasteiger partial charge in [0.2, 0.25) is 0 Å². The molecule has 0 spiro atoms. The molecular formula is C21H28FN5O. The molecule has 1 aliphatic heterocycles. The number of halogens is 1. The lowest BCUT2D eigenvalue weighted by Crippen LogP contribution is -2.15. The number of ether oxygens (including phenoxy) is 1. The molecule has 0 saturated heterocycles. The summed E-state index contributed by atoms with van der Waals surface area (Å²) in [5, 5.41) is 13.9. The maximum absolute atomic E-state index is 13.6. The van der Waals surface area contributed by atoms with Crippen LogP contribution in [-0.2, 0) is 19.4 Å². The average molecular weight is 385 g/mol. The fourth-order valence-electron chi connectivity index (χ4n) is 3.56. The number of nitrogens with one attached hydrogen (secondary N) is 3. The van der Waals surface area contributed by atoms with Gasteiger partial charge in [-0.15, -0.1) is 0 Å². The van der Waals surface area contributed by atoms with Crippen LogP contribution in [0.15, 0.2) is 24.7 Å². The highest BCUT2D eigenvalue weighted by molar-refractivity contribution is 5.99. The van der Waals surface area contributed by atoms with Crippen molar-refractivity contribution >= 4 is 11.5 Å². The van der Waals surface area contributed by atoms with Gasteiger partial charge >= 0.3 is 0 Å². The monoisotopic (exact) mass is 385 g/mol. The van der Waals surface area contributed by atoms with Crippen molar-refractivity contribution in [2.45, 2.75) is 39.7 Å². The first-order valence-electron chi connectivity index (χ1n) is 9.56. The first-order valence-corrected chi connectivity index (χ1v) is 9.56. The van der Waals surface area contributed by atoms with Crippen LogP contribution in [0.3, 0.4) is 0 Å². The zero-order chi connectivity index (χ0) is 20.3. The number of imidazole rings is 1.